The van der Waals surface area contributed by atoms with Gasteiger partial charge in [-0.1, -0.05) is 26.0 Å². The zero-order chi connectivity index (χ0) is 21.0. The van der Waals surface area contributed by atoms with E-state index >= 15 is 0 Å². The average Bonchev–Trinajstić information content (AvgIpc) is 3.40. The molecule has 1 heterocycles. The van der Waals surface area contributed by atoms with Crippen molar-refractivity contribution in [1.82, 2.24) is 15.5 Å². The van der Waals surface area contributed by atoms with Crippen LogP contribution >= 0.6 is 24.0 Å². The molecule has 0 aromatic heterocycles. The molecule has 1 aliphatic heterocycles. The van der Waals surface area contributed by atoms with E-state index in [1.165, 1.54) is 4.90 Å². The van der Waals surface area contributed by atoms with Crippen LogP contribution in [0.25, 0.3) is 0 Å². The number of aliphatic hydroxyl groups excluding tert-OH is 1. The van der Waals surface area contributed by atoms with Crippen LogP contribution in [0.3, 0.4) is 0 Å². The van der Waals surface area contributed by atoms with Crippen molar-refractivity contribution in [3.8, 4) is 0 Å². The van der Waals surface area contributed by atoms with Crippen LogP contribution in [0.2, 0.25) is 0 Å². The molecule has 4 atom stereocenters. The van der Waals surface area contributed by atoms with Crippen LogP contribution in [-0.2, 0) is 9.59 Å². The van der Waals surface area contributed by atoms with Gasteiger partial charge >= 0.3 is 0 Å². The van der Waals surface area contributed by atoms with Gasteiger partial charge in [-0.15, -0.1) is 24.0 Å². The van der Waals surface area contributed by atoms with Gasteiger partial charge in [-0.25, -0.2) is 0 Å². The molecule has 7 nitrogen and oxygen atoms in total. The van der Waals surface area contributed by atoms with Gasteiger partial charge in [-0.3, -0.25) is 19.5 Å². The minimum atomic E-state index is -0.132. The summed E-state index contributed by atoms with van der Waals surface area (Å²) in [6, 6.07) is 0. The first-order valence-electron chi connectivity index (χ1n) is 11.2. The molecule has 30 heavy (non-hydrogen) atoms. The number of hydrogen-bond acceptors (Lipinski definition) is 4. The number of rotatable bonds is 10. The third kappa shape index (κ3) is 4.84. The Kier molecular flexibility index (Phi) is 9.14. The summed E-state index contributed by atoms with van der Waals surface area (Å²) in [4.78, 5) is 31.7. The maximum absolute atomic E-state index is 12.8. The number of nitrogens with one attached hydrogen (secondary N) is 2. The molecule has 4 unspecified atom stereocenters. The largest absolute Gasteiger partial charge is 0.396 e. The Labute approximate surface area is 197 Å². The minimum Gasteiger partial charge on any atom is -0.396 e. The Morgan fingerprint density at radius 2 is 1.73 bits per heavy atom. The van der Waals surface area contributed by atoms with Gasteiger partial charge in [-0.2, -0.15) is 0 Å². The van der Waals surface area contributed by atoms with Crippen LogP contribution in [0.15, 0.2) is 17.1 Å². The van der Waals surface area contributed by atoms with E-state index in [1.807, 2.05) is 6.92 Å². The second-order valence-corrected chi connectivity index (χ2v) is 8.63. The third-order valence-electron chi connectivity index (χ3n) is 7.25. The van der Waals surface area contributed by atoms with Crippen LogP contribution in [0.1, 0.15) is 46.5 Å². The van der Waals surface area contributed by atoms with E-state index in [9.17, 15) is 14.7 Å². The molecule has 2 fully saturated rings. The molecule has 8 heteroatoms. The topological polar surface area (TPSA) is 94.0 Å². The van der Waals surface area contributed by atoms with Crippen molar-refractivity contribution in [2.75, 3.05) is 32.8 Å². The van der Waals surface area contributed by atoms with Gasteiger partial charge in [0.1, 0.15) is 0 Å². The predicted octanol–water partition coefficient (Wildman–Crippen LogP) is 2.16. The van der Waals surface area contributed by atoms with Crippen molar-refractivity contribution in [2.24, 2.45) is 34.1 Å². The van der Waals surface area contributed by atoms with Crippen molar-refractivity contribution in [3.05, 3.63) is 12.2 Å². The zero-order valence-electron chi connectivity index (χ0n) is 18.4. The van der Waals surface area contributed by atoms with E-state index in [0.717, 1.165) is 32.2 Å². The molecule has 0 radical (unpaired) electrons. The first-order valence-corrected chi connectivity index (χ1v) is 11.2. The van der Waals surface area contributed by atoms with E-state index in [0.29, 0.717) is 25.6 Å². The number of halogens is 1. The number of allylic oxidation sites excluding steroid dienone is 2. The zero-order valence-corrected chi connectivity index (χ0v) is 20.7. The average molecular weight is 532 g/mol. The summed E-state index contributed by atoms with van der Waals surface area (Å²) in [5, 5.41) is 15.9. The maximum atomic E-state index is 12.8. The summed E-state index contributed by atoms with van der Waals surface area (Å²) in [5.41, 5.74) is 0.00169. The van der Waals surface area contributed by atoms with Crippen molar-refractivity contribution < 1.29 is 14.7 Å². The standard InChI is InChI=1S/C22H36N4O3.HI/c1-4-22(5-2,9-12-27)14-25-21(23-6-3)24-10-11-26-19(28)17-15-7-8-16(13-15)18(17)20(26)29;/h7-8,15-18,27H,4-6,9-14H2,1-3H3,(H2,23,24,25);1H. The number of guanidine groups is 1. The molecule has 1 saturated heterocycles. The lowest BCUT2D eigenvalue weighted by Gasteiger charge is -2.29. The lowest BCUT2D eigenvalue weighted by atomic mass is 9.79. The predicted molar refractivity (Wildman–Crippen MR) is 129 cm³/mol. The summed E-state index contributed by atoms with van der Waals surface area (Å²) >= 11 is 0. The molecule has 3 N–H and O–H groups in total. The first-order chi connectivity index (χ1) is 14.0. The number of nitrogens with zero attached hydrogens (tertiary/aromatic N) is 2. The summed E-state index contributed by atoms with van der Waals surface area (Å²) < 4.78 is 0. The molecule has 2 amide bonds. The number of aliphatic hydroxyl groups is 1. The van der Waals surface area contributed by atoms with Crippen LogP contribution in [0, 0.1) is 29.1 Å². The lowest BCUT2D eigenvalue weighted by Crippen LogP contribution is -2.44. The van der Waals surface area contributed by atoms with Crippen LogP contribution in [0.5, 0.6) is 0 Å². The second-order valence-electron chi connectivity index (χ2n) is 8.63. The van der Waals surface area contributed by atoms with Gasteiger partial charge in [0.15, 0.2) is 5.96 Å². The Morgan fingerprint density at radius 3 is 2.23 bits per heavy atom. The number of aliphatic imine (C=N–C) groups is 1. The maximum Gasteiger partial charge on any atom is 0.233 e. The molecule has 0 aromatic carbocycles. The smallest absolute Gasteiger partial charge is 0.233 e. The highest BCUT2D eigenvalue weighted by atomic mass is 127. The number of fused-ring (bicyclic) bond motifs is 5. The van der Waals surface area contributed by atoms with Gasteiger partial charge in [0, 0.05) is 32.8 Å². The summed E-state index contributed by atoms with van der Waals surface area (Å²) in [6.07, 6.45) is 7.86. The van der Waals surface area contributed by atoms with Crippen LogP contribution < -0.4 is 10.6 Å². The quantitative estimate of drug-likeness (QED) is 0.132. The Hall–Kier alpha value is -1.16. The molecular formula is C22H37IN4O3. The minimum absolute atomic E-state index is 0. The monoisotopic (exact) mass is 532 g/mol. The van der Waals surface area contributed by atoms with E-state index in [4.69, 9.17) is 4.99 Å². The molecule has 170 valence electrons. The van der Waals surface area contributed by atoms with Gasteiger partial charge < -0.3 is 15.7 Å². The fraction of sp³-hybridized carbons (Fsp3) is 0.773. The van der Waals surface area contributed by atoms with E-state index in [1.54, 1.807) is 0 Å². The summed E-state index contributed by atoms with van der Waals surface area (Å²) in [6.45, 7) is 8.68. The highest BCUT2D eigenvalue weighted by Crippen LogP contribution is 2.52. The molecule has 1 saturated carbocycles. The Balaban J connectivity index is 0.00000320. The molecule has 2 bridgehead atoms. The normalized spacial score (nSPS) is 27.5. The highest BCUT2D eigenvalue weighted by molar-refractivity contribution is 14.0. The molecule has 3 aliphatic rings. The van der Waals surface area contributed by atoms with Crippen molar-refractivity contribution in [1.29, 1.82) is 0 Å². The number of amides is 2. The number of carbonyl (C=O) groups is 2. The highest BCUT2D eigenvalue weighted by Gasteiger charge is 2.58. The first kappa shape index (κ1) is 25.1. The Bertz CT molecular complexity index is 647. The Morgan fingerprint density at radius 1 is 1.13 bits per heavy atom. The molecule has 0 spiro atoms. The van der Waals surface area contributed by atoms with Crippen molar-refractivity contribution in [3.63, 3.8) is 0 Å². The van der Waals surface area contributed by atoms with Crippen LogP contribution in [-0.4, -0.2) is 60.6 Å². The van der Waals surface area contributed by atoms with E-state index in [-0.39, 0.29) is 71.5 Å². The fourth-order valence-corrected chi connectivity index (χ4v) is 5.20. The molecule has 3 rings (SSSR count). The van der Waals surface area contributed by atoms with Gasteiger partial charge in [0.05, 0.1) is 11.8 Å². The van der Waals surface area contributed by atoms with Crippen molar-refractivity contribution in [2.45, 2.75) is 46.5 Å². The molecule has 0 aromatic rings. The van der Waals surface area contributed by atoms with E-state index < -0.39 is 0 Å². The lowest BCUT2D eigenvalue weighted by molar-refractivity contribution is -0.140. The summed E-state index contributed by atoms with van der Waals surface area (Å²) in [7, 11) is 0. The van der Waals surface area contributed by atoms with Crippen molar-refractivity contribution >= 4 is 41.8 Å². The number of likely N-dealkylation sites (tertiary alicyclic amines) is 1. The third-order valence-corrected chi connectivity index (χ3v) is 7.25. The molecular weight excluding hydrogens is 495 g/mol. The number of imide groups is 1. The number of carbonyl (C=O) groups excluding carboxylic acids is 2. The number of hydrogen-bond donors (Lipinski definition) is 3. The molecule has 2 aliphatic carbocycles. The van der Waals surface area contributed by atoms with Crippen LogP contribution in [0.4, 0.5) is 0 Å². The SMILES string of the molecule is CCNC(=NCC(CC)(CC)CCO)NCCN1C(=O)C2C3C=CC(C3)C2C1=O.I. The van der Waals surface area contributed by atoms with Gasteiger partial charge in [-0.05, 0) is 49.9 Å². The van der Waals surface area contributed by atoms with Gasteiger partial charge in [0.25, 0.3) is 0 Å². The summed E-state index contributed by atoms with van der Waals surface area (Å²) in [5.74, 6) is 0.930. The second kappa shape index (κ2) is 10.9. The van der Waals surface area contributed by atoms with E-state index in [2.05, 4.69) is 36.6 Å². The fourth-order valence-electron chi connectivity index (χ4n) is 5.20. The van der Waals surface area contributed by atoms with Gasteiger partial charge in [0.2, 0.25) is 11.8 Å².